The molecule has 0 spiro atoms. The molecule has 0 fully saturated rings. The summed E-state index contributed by atoms with van der Waals surface area (Å²) < 4.78 is 27.6. The lowest BCUT2D eigenvalue weighted by Crippen LogP contribution is -2.45. The molecule has 3 aromatic carbocycles. The highest BCUT2D eigenvalue weighted by Gasteiger charge is 2.24. The Labute approximate surface area is 182 Å². The first kappa shape index (κ1) is 21.9. The van der Waals surface area contributed by atoms with Crippen LogP contribution in [0, 0.1) is 0 Å². The summed E-state index contributed by atoms with van der Waals surface area (Å²) in [7, 11) is -3.77. The van der Waals surface area contributed by atoms with Crippen molar-refractivity contribution < 1.29 is 13.2 Å². The number of sulfonamides is 1. The van der Waals surface area contributed by atoms with E-state index < -0.39 is 15.6 Å². The number of hydrogen-bond acceptors (Lipinski definition) is 3. The van der Waals surface area contributed by atoms with Gasteiger partial charge in [-0.05, 0) is 56.2 Å². The summed E-state index contributed by atoms with van der Waals surface area (Å²) in [6, 6.07) is 22.3. The predicted molar refractivity (Wildman–Crippen MR) is 120 cm³/mol. The van der Waals surface area contributed by atoms with Gasteiger partial charge in [-0.2, -0.15) is 0 Å². The van der Waals surface area contributed by atoms with Crippen LogP contribution >= 0.6 is 11.6 Å². The molecular weight excluding hydrogens is 420 g/mol. The number of anilines is 1. The van der Waals surface area contributed by atoms with E-state index in [0.717, 1.165) is 5.56 Å². The molecule has 0 aromatic heterocycles. The van der Waals surface area contributed by atoms with Crippen LogP contribution in [0.3, 0.4) is 0 Å². The molecule has 5 nitrogen and oxygen atoms in total. The van der Waals surface area contributed by atoms with Gasteiger partial charge in [0.15, 0.2) is 0 Å². The highest BCUT2D eigenvalue weighted by molar-refractivity contribution is 7.92. The van der Waals surface area contributed by atoms with Crippen LogP contribution in [0.2, 0.25) is 5.02 Å². The van der Waals surface area contributed by atoms with E-state index in [9.17, 15) is 13.2 Å². The van der Waals surface area contributed by atoms with Gasteiger partial charge in [-0.1, -0.05) is 60.1 Å². The monoisotopic (exact) mass is 442 g/mol. The van der Waals surface area contributed by atoms with Gasteiger partial charge in [-0.3, -0.25) is 9.52 Å². The van der Waals surface area contributed by atoms with Gasteiger partial charge in [0.25, 0.3) is 15.9 Å². The van der Waals surface area contributed by atoms with E-state index in [1.54, 1.807) is 18.2 Å². The van der Waals surface area contributed by atoms with E-state index in [1.165, 1.54) is 30.3 Å². The summed E-state index contributed by atoms with van der Waals surface area (Å²) in [4.78, 5) is 13.0. The molecule has 0 heterocycles. The summed E-state index contributed by atoms with van der Waals surface area (Å²) in [5.41, 5.74) is 1.03. The average molecular weight is 443 g/mol. The number of carbonyl (C=O) groups is 1. The summed E-state index contributed by atoms with van der Waals surface area (Å²) in [6.45, 7) is 3.85. The molecule has 1 amide bonds. The normalized spacial score (nSPS) is 11.7. The summed E-state index contributed by atoms with van der Waals surface area (Å²) >= 11 is 6.23. The van der Waals surface area contributed by atoms with Crippen LogP contribution in [0.25, 0.3) is 0 Å². The van der Waals surface area contributed by atoms with E-state index in [0.29, 0.717) is 6.42 Å². The molecule has 0 atom stereocenters. The van der Waals surface area contributed by atoms with Crippen molar-refractivity contribution in [2.24, 2.45) is 0 Å². The van der Waals surface area contributed by atoms with E-state index in [1.807, 2.05) is 44.2 Å². The van der Waals surface area contributed by atoms with E-state index in [-0.39, 0.29) is 27.1 Å². The second-order valence-electron chi connectivity index (χ2n) is 7.61. The van der Waals surface area contributed by atoms with Crippen LogP contribution in [-0.2, 0) is 16.4 Å². The molecule has 7 heteroatoms. The fraction of sp³-hybridized carbons (Fsp3) is 0.174. The largest absolute Gasteiger partial charge is 0.347 e. The fourth-order valence-electron chi connectivity index (χ4n) is 3.10. The molecule has 3 rings (SSSR count). The predicted octanol–water partition coefficient (Wildman–Crippen LogP) is 4.89. The van der Waals surface area contributed by atoms with E-state index in [4.69, 9.17) is 11.6 Å². The molecule has 3 aromatic rings. The second-order valence-corrected chi connectivity index (χ2v) is 9.70. The Balaban J connectivity index is 1.78. The van der Waals surface area contributed by atoms with Gasteiger partial charge in [-0.25, -0.2) is 8.42 Å². The molecule has 0 aliphatic rings. The maximum atomic E-state index is 12.9. The third kappa shape index (κ3) is 5.62. The van der Waals surface area contributed by atoms with Crippen LogP contribution in [0.5, 0.6) is 0 Å². The minimum Gasteiger partial charge on any atom is -0.347 e. The zero-order chi connectivity index (χ0) is 21.8. The van der Waals surface area contributed by atoms with E-state index >= 15 is 0 Å². The molecule has 0 bridgehead atoms. The summed E-state index contributed by atoms with van der Waals surface area (Å²) in [6.07, 6.45) is 0.636. The quantitative estimate of drug-likeness (QED) is 0.546. The van der Waals surface area contributed by atoms with Crippen molar-refractivity contribution in [2.75, 3.05) is 4.72 Å². The third-order valence-electron chi connectivity index (χ3n) is 4.46. The lowest BCUT2D eigenvalue weighted by atomic mass is 9.94. The third-order valence-corrected chi connectivity index (χ3v) is 6.18. The highest BCUT2D eigenvalue weighted by Crippen LogP contribution is 2.24. The summed E-state index contributed by atoms with van der Waals surface area (Å²) in [5, 5.41) is 3.22. The zero-order valence-corrected chi connectivity index (χ0v) is 18.3. The van der Waals surface area contributed by atoms with Gasteiger partial charge in [0, 0.05) is 11.2 Å². The number of hydrogen-bond donors (Lipinski definition) is 2. The van der Waals surface area contributed by atoms with Crippen molar-refractivity contribution >= 4 is 33.2 Å². The van der Waals surface area contributed by atoms with Crippen LogP contribution < -0.4 is 10.0 Å². The van der Waals surface area contributed by atoms with Crippen LogP contribution in [-0.4, -0.2) is 19.9 Å². The van der Waals surface area contributed by atoms with Crippen molar-refractivity contribution in [1.82, 2.24) is 5.32 Å². The van der Waals surface area contributed by atoms with Crippen molar-refractivity contribution in [3.8, 4) is 0 Å². The number of nitrogens with one attached hydrogen (secondary N) is 2. The Morgan fingerprint density at radius 1 is 0.933 bits per heavy atom. The maximum Gasteiger partial charge on any atom is 0.261 e. The Morgan fingerprint density at radius 3 is 2.17 bits per heavy atom. The fourth-order valence-corrected chi connectivity index (χ4v) is 4.38. The van der Waals surface area contributed by atoms with Gasteiger partial charge >= 0.3 is 0 Å². The Hall–Kier alpha value is -2.83. The number of rotatable bonds is 7. The first-order valence-electron chi connectivity index (χ1n) is 9.40. The Morgan fingerprint density at radius 2 is 1.53 bits per heavy atom. The van der Waals surface area contributed by atoms with E-state index in [2.05, 4.69) is 10.0 Å². The molecule has 0 saturated heterocycles. The average Bonchev–Trinajstić information content (AvgIpc) is 2.70. The highest BCUT2D eigenvalue weighted by atomic mass is 35.5. The number of benzene rings is 3. The zero-order valence-electron chi connectivity index (χ0n) is 16.7. The number of amides is 1. The molecule has 0 unspecified atom stereocenters. The molecular formula is C23H23ClN2O3S. The topological polar surface area (TPSA) is 75.3 Å². The van der Waals surface area contributed by atoms with Crippen molar-refractivity contribution in [1.29, 1.82) is 0 Å². The van der Waals surface area contributed by atoms with Gasteiger partial charge in [0.1, 0.15) is 0 Å². The van der Waals surface area contributed by atoms with Gasteiger partial charge in [0.2, 0.25) is 0 Å². The molecule has 0 aliphatic heterocycles. The molecule has 0 radical (unpaired) electrons. The minimum absolute atomic E-state index is 0.134. The number of carbonyl (C=O) groups excluding carboxylic acids is 1. The lowest BCUT2D eigenvalue weighted by molar-refractivity contribution is 0.0913. The first-order chi connectivity index (χ1) is 14.2. The number of halogens is 1. The van der Waals surface area contributed by atoms with Crippen LogP contribution in [0.15, 0.2) is 83.8 Å². The van der Waals surface area contributed by atoms with Crippen molar-refractivity contribution in [3.05, 3.63) is 95.0 Å². The molecule has 156 valence electrons. The lowest BCUT2D eigenvalue weighted by Gasteiger charge is -2.27. The molecule has 0 aliphatic carbocycles. The minimum atomic E-state index is -3.77. The van der Waals surface area contributed by atoms with Crippen molar-refractivity contribution in [3.63, 3.8) is 0 Å². The molecule has 0 saturated carbocycles. The molecule has 2 N–H and O–H groups in total. The maximum absolute atomic E-state index is 12.9. The SMILES string of the molecule is CC(C)(Cc1ccccc1)NC(=O)c1cc(NS(=O)(=O)c2ccccc2)ccc1Cl. The van der Waals surface area contributed by atoms with Crippen molar-refractivity contribution in [2.45, 2.75) is 30.7 Å². The van der Waals surface area contributed by atoms with Crippen LogP contribution in [0.1, 0.15) is 29.8 Å². The smallest absolute Gasteiger partial charge is 0.261 e. The summed E-state index contributed by atoms with van der Waals surface area (Å²) in [5.74, 6) is -0.373. The van der Waals surface area contributed by atoms with Gasteiger partial charge in [-0.15, -0.1) is 0 Å². The first-order valence-corrected chi connectivity index (χ1v) is 11.3. The van der Waals surface area contributed by atoms with Crippen LogP contribution in [0.4, 0.5) is 5.69 Å². The second kappa shape index (κ2) is 8.90. The Bertz CT molecular complexity index is 1130. The molecule has 30 heavy (non-hydrogen) atoms. The van der Waals surface area contributed by atoms with Gasteiger partial charge in [0.05, 0.1) is 15.5 Å². The standard InChI is InChI=1S/C23H23ClN2O3S/c1-23(2,16-17-9-5-3-6-10-17)25-22(27)20-15-18(13-14-21(20)24)26-30(28,29)19-11-7-4-8-12-19/h3-15,26H,16H2,1-2H3,(H,25,27). The van der Waals surface area contributed by atoms with Gasteiger partial charge < -0.3 is 5.32 Å². The Kier molecular flexibility index (Phi) is 6.48.